The molecule has 21 heavy (non-hydrogen) atoms. The van der Waals surface area contributed by atoms with Crippen LogP contribution in [0.2, 0.25) is 6.32 Å². The summed E-state index contributed by atoms with van der Waals surface area (Å²) in [6, 6.07) is 0. The van der Waals surface area contributed by atoms with Gasteiger partial charge in [-0.2, -0.15) is 0 Å². The van der Waals surface area contributed by atoms with Crippen LogP contribution in [0.3, 0.4) is 0 Å². The predicted molar refractivity (Wildman–Crippen MR) is 87.7 cm³/mol. The fourth-order valence-electron chi connectivity index (χ4n) is 2.20. The van der Waals surface area contributed by atoms with Crippen LogP contribution >= 0.6 is 0 Å². The van der Waals surface area contributed by atoms with E-state index in [0.717, 1.165) is 18.2 Å². The summed E-state index contributed by atoms with van der Waals surface area (Å²) < 4.78 is 10.4. The summed E-state index contributed by atoms with van der Waals surface area (Å²) in [5.41, 5.74) is 0. The molecule has 0 aliphatic heterocycles. The molecule has 1 aliphatic rings. The van der Waals surface area contributed by atoms with Crippen molar-refractivity contribution in [2.45, 2.75) is 58.9 Å². The fourth-order valence-corrected chi connectivity index (χ4v) is 2.20. The molecule has 0 unspecified atom stereocenters. The van der Waals surface area contributed by atoms with Crippen molar-refractivity contribution in [1.82, 2.24) is 5.32 Å². The van der Waals surface area contributed by atoms with E-state index in [2.05, 4.69) is 12.2 Å². The van der Waals surface area contributed by atoms with Gasteiger partial charge in [-0.15, -0.1) is 0 Å². The molecule has 0 heterocycles. The monoisotopic (exact) mass is 297 g/mol. The van der Waals surface area contributed by atoms with Crippen molar-refractivity contribution in [2.75, 3.05) is 26.4 Å². The van der Waals surface area contributed by atoms with E-state index >= 15 is 0 Å². The van der Waals surface area contributed by atoms with Gasteiger partial charge in [0, 0.05) is 6.54 Å². The first kappa shape index (κ1) is 20.5. The Balaban J connectivity index is 0.000000394. The zero-order valence-electron chi connectivity index (χ0n) is 14.0. The molecule has 122 valence electrons. The topological polar surface area (TPSA) is 47.6 Å². The van der Waals surface area contributed by atoms with Gasteiger partial charge in [0.2, 0.25) is 6.41 Å². The molecule has 0 bridgehead atoms. The van der Waals surface area contributed by atoms with Crippen LogP contribution in [0, 0.1) is 11.8 Å². The van der Waals surface area contributed by atoms with Crippen molar-refractivity contribution in [3.05, 3.63) is 0 Å². The summed E-state index contributed by atoms with van der Waals surface area (Å²) in [6.07, 6.45) is 7.38. The molecule has 1 amide bonds. The molecule has 1 fully saturated rings. The minimum atomic E-state index is 0.252. The first-order chi connectivity index (χ1) is 10.1. The summed E-state index contributed by atoms with van der Waals surface area (Å²) >= 11 is 0. The van der Waals surface area contributed by atoms with Crippen molar-refractivity contribution >= 4 is 14.3 Å². The first-order valence-corrected chi connectivity index (χ1v) is 8.16. The molecular formula is C16H32BNO3. The second kappa shape index (κ2) is 14.4. The van der Waals surface area contributed by atoms with E-state index in [1.165, 1.54) is 25.7 Å². The number of carbonyl (C=O) groups is 1. The molecule has 1 aliphatic carbocycles. The van der Waals surface area contributed by atoms with Gasteiger partial charge in [0.15, 0.2) is 0 Å². The highest BCUT2D eigenvalue weighted by Crippen LogP contribution is 2.29. The number of hydrogen-bond donors (Lipinski definition) is 1. The van der Waals surface area contributed by atoms with Crippen LogP contribution in [0.1, 0.15) is 46.5 Å². The van der Waals surface area contributed by atoms with Gasteiger partial charge in [-0.25, -0.2) is 0 Å². The van der Waals surface area contributed by atoms with Crippen LogP contribution in [0.4, 0.5) is 0 Å². The Kier molecular flexibility index (Phi) is 14.0. The van der Waals surface area contributed by atoms with Crippen molar-refractivity contribution in [1.29, 1.82) is 0 Å². The number of nitrogens with one attached hydrogen (secondary N) is 1. The molecule has 1 N–H and O–H groups in total. The van der Waals surface area contributed by atoms with Gasteiger partial charge >= 0.3 is 0 Å². The van der Waals surface area contributed by atoms with Crippen LogP contribution < -0.4 is 5.32 Å². The Bertz CT molecular complexity index is 232. The Labute approximate surface area is 131 Å². The van der Waals surface area contributed by atoms with Crippen molar-refractivity contribution in [2.24, 2.45) is 11.8 Å². The maximum Gasteiger partial charge on any atom is 0.207 e. The molecular weight excluding hydrogens is 265 g/mol. The van der Waals surface area contributed by atoms with Gasteiger partial charge in [-0.05, 0) is 25.7 Å². The van der Waals surface area contributed by atoms with Gasteiger partial charge in [0.1, 0.15) is 0 Å². The maximum absolute atomic E-state index is 9.79. The highest BCUT2D eigenvalue weighted by atomic mass is 16.5. The maximum atomic E-state index is 9.79. The van der Waals surface area contributed by atoms with Gasteiger partial charge < -0.3 is 14.8 Å². The SMILES string of the molecule is CC(C)OCCOCCNC=O.[B]CC1CCC(C)CC1. The molecule has 0 aromatic carbocycles. The molecule has 1 rings (SSSR count). The molecule has 0 spiro atoms. The smallest absolute Gasteiger partial charge is 0.207 e. The largest absolute Gasteiger partial charge is 0.377 e. The number of hydrogen-bond acceptors (Lipinski definition) is 3. The summed E-state index contributed by atoms with van der Waals surface area (Å²) in [4.78, 5) is 9.79. The fraction of sp³-hybridized carbons (Fsp3) is 0.938. The lowest BCUT2D eigenvalue weighted by Gasteiger charge is -2.24. The van der Waals surface area contributed by atoms with E-state index in [0.29, 0.717) is 32.8 Å². The lowest BCUT2D eigenvalue weighted by atomic mass is 9.77. The second-order valence-electron chi connectivity index (χ2n) is 5.97. The molecule has 0 aromatic heterocycles. The number of carbonyl (C=O) groups excluding carboxylic acids is 1. The Morgan fingerprint density at radius 2 is 1.86 bits per heavy atom. The summed E-state index contributed by atoms with van der Waals surface area (Å²) in [5, 5.41) is 2.50. The van der Waals surface area contributed by atoms with Crippen molar-refractivity contribution in [3.8, 4) is 0 Å². The Morgan fingerprint density at radius 1 is 1.19 bits per heavy atom. The molecule has 0 saturated heterocycles. The third-order valence-electron chi connectivity index (χ3n) is 3.62. The molecule has 5 heteroatoms. The van der Waals surface area contributed by atoms with Gasteiger partial charge in [0.25, 0.3) is 0 Å². The van der Waals surface area contributed by atoms with Gasteiger partial charge in [0.05, 0.1) is 33.8 Å². The standard InChI is InChI=1S/C8H15B.C8H17NO3/c1-7-2-4-8(6-9)5-3-7;1-8(2)12-6-5-11-4-3-9-7-10/h7-8H,2-6H2,1H3;7-8H,3-6H2,1-2H3,(H,9,10). The summed E-state index contributed by atoms with van der Waals surface area (Å²) in [6.45, 7) is 8.59. The van der Waals surface area contributed by atoms with E-state index in [9.17, 15) is 4.79 Å². The van der Waals surface area contributed by atoms with Crippen LogP contribution in [-0.2, 0) is 14.3 Å². The van der Waals surface area contributed by atoms with E-state index in [1.807, 2.05) is 13.8 Å². The van der Waals surface area contributed by atoms with Crippen molar-refractivity contribution < 1.29 is 14.3 Å². The van der Waals surface area contributed by atoms with Gasteiger partial charge in [-0.3, -0.25) is 4.79 Å². The summed E-state index contributed by atoms with van der Waals surface area (Å²) in [5.74, 6) is 1.81. The number of amides is 1. The zero-order valence-corrected chi connectivity index (χ0v) is 14.0. The number of ether oxygens (including phenoxy) is 2. The lowest BCUT2D eigenvalue weighted by molar-refractivity contribution is -0.109. The molecule has 0 atom stereocenters. The Hall–Kier alpha value is -0.545. The van der Waals surface area contributed by atoms with Crippen LogP contribution in [0.15, 0.2) is 0 Å². The third kappa shape index (κ3) is 14.2. The van der Waals surface area contributed by atoms with E-state index < -0.39 is 0 Å². The van der Waals surface area contributed by atoms with Crippen LogP contribution in [0.25, 0.3) is 0 Å². The van der Waals surface area contributed by atoms with Crippen LogP contribution in [0.5, 0.6) is 0 Å². The zero-order chi connectivity index (χ0) is 15.9. The first-order valence-electron chi connectivity index (χ1n) is 8.16. The Morgan fingerprint density at radius 3 is 2.38 bits per heavy atom. The highest BCUT2D eigenvalue weighted by molar-refractivity contribution is 6.08. The normalized spacial score (nSPS) is 21.5. The quantitative estimate of drug-likeness (QED) is 0.404. The average Bonchev–Trinajstić information content (AvgIpc) is 2.47. The van der Waals surface area contributed by atoms with E-state index in [4.69, 9.17) is 17.3 Å². The van der Waals surface area contributed by atoms with Gasteiger partial charge in [-0.1, -0.05) is 38.9 Å². The molecule has 0 aromatic rings. The average molecular weight is 297 g/mol. The van der Waals surface area contributed by atoms with Crippen molar-refractivity contribution in [3.63, 3.8) is 0 Å². The molecule has 2 radical (unpaired) electrons. The minimum Gasteiger partial charge on any atom is -0.377 e. The van der Waals surface area contributed by atoms with Crippen LogP contribution in [-0.4, -0.2) is 46.7 Å². The minimum absolute atomic E-state index is 0.252. The van der Waals surface area contributed by atoms with E-state index in [-0.39, 0.29) is 6.10 Å². The lowest BCUT2D eigenvalue weighted by Crippen LogP contribution is -2.19. The number of rotatable bonds is 9. The highest BCUT2D eigenvalue weighted by Gasteiger charge is 2.15. The third-order valence-corrected chi connectivity index (χ3v) is 3.62. The van der Waals surface area contributed by atoms with E-state index in [1.54, 1.807) is 0 Å². The second-order valence-corrected chi connectivity index (χ2v) is 5.97. The molecule has 1 saturated carbocycles. The summed E-state index contributed by atoms with van der Waals surface area (Å²) in [7, 11) is 5.55. The molecule has 4 nitrogen and oxygen atoms in total. The predicted octanol–water partition coefficient (Wildman–Crippen LogP) is 2.57.